The minimum atomic E-state index is -0.280. The van der Waals surface area contributed by atoms with E-state index in [0.717, 1.165) is 5.56 Å². The number of aryl methyl sites for hydroxylation is 1. The highest BCUT2D eigenvalue weighted by atomic mass is 19.1. The number of nitrogens with zero attached hydrogens (tertiary/aromatic N) is 1. The Morgan fingerprint density at radius 1 is 1.55 bits per heavy atom. The summed E-state index contributed by atoms with van der Waals surface area (Å²) in [5.74, 6) is -0.280. The molecule has 1 N–H and O–H groups in total. The van der Waals surface area contributed by atoms with Gasteiger partial charge < -0.3 is 5.21 Å². The van der Waals surface area contributed by atoms with Gasteiger partial charge in [-0.3, -0.25) is 0 Å². The van der Waals surface area contributed by atoms with E-state index in [1.54, 1.807) is 13.0 Å². The van der Waals surface area contributed by atoms with Gasteiger partial charge in [0, 0.05) is 0 Å². The molecule has 0 amide bonds. The van der Waals surface area contributed by atoms with E-state index in [0.29, 0.717) is 5.56 Å². The van der Waals surface area contributed by atoms with Crippen LogP contribution in [0.3, 0.4) is 0 Å². The summed E-state index contributed by atoms with van der Waals surface area (Å²) in [6.07, 6.45) is 1.27. The summed E-state index contributed by atoms with van der Waals surface area (Å²) in [6, 6.07) is 4.27. The fraction of sp³-hybridized carbons (Fsp3) is 0.125. The predicted molar refractivity (Wildman–Crippen MR) is 40.5 cm³/mol. The monoisotopic (exact) mass is 153 g/mol. The summed E-state index contributed by atoms with van der Waals surface area (Å²) in [5.41, 5.74) is 1.47. The van der Waals surface area contributed by atoms with Crippen LogP contribution in [0.4, 0.5) is 4.39 Å². The third kappa shape index (κ3) is 1.77. The maximum Gasteiger partial charge on any atom is 0.123 e. The lowest BCUT2D eigenvalue weighted by Gasteiger charge is -1.96. The number of hydrogen-bond acceptors (Lipinski definition) is 2. The molecule has 0 aliphatic rings. The molecule has 2 nitrogen and oxygen atoms in total. The SMILES string of the molecule is Cc1cc(F)ccc1C=NO. The highest BCUT2D eigenvalue weighted by Crippen LogP contribution is 2.07. The van der Waals surface area contributed by atoms with E-state index in [-0.39, 0.29) is 5.82 Å². The van der Waals surface area contributed by atoms with Gasteiger partial charge in [0.05, 0.1) is 6.21 Å². The molecule has 3 heteroatoms. The van der Waals surface area contributed by atoms with Crippen molar-refractivity contribution in [1.29, 1.82) is 0 Å². The Hall–Kier alpha value is -1.38. The number of halogens is 1. The standard InChI is InChI=1S/C8H8FNO/c1-6-4-8(9)3-2-7(6)5-10-11/h2-5,11H,1H3. The fourth-order valence-corrected chi connectivity index (χ4v) is 0.846. The van der Waals surface area contributed by atoms with Crippen LogP contribution in [-0.2, 0) is 0 Å². The molecule has 58 valence electrons. The summed E-state index contributed by atoms with van der Waals surface area (Å²) in [6.45, 7) is 1.75. The van der Waals surface area contributed by atoms with Gasteiger partial charge in [-0.05, 0) is 30.2 Å². The van der Waals surface area contributed by atoms with Crippen LogP contribution in [0.15, 0.2) is 23.4 Å². The summed E-state index contributed by atoms with van der Waals surface area (Å²) in [7, 11) is 0. The summed E-state index contributed by atoms with van der Waals surface area (Å²) in [4.78, 5) is 0. The molecule has 0 saturated heterocycles. The van der Waals surface area contributed by atoms with Crippen molar-refractivity contribution >= 4 is 6.21 Å². The molecule has 0 aliphatic heterocycles. The van der Waals surface area contributed by atoms with Gasteiger partial charge in [0.1, 0.15) is 5.82 Å². The van der Waals surface area contributed by atoms with Crippen molar-refractivity contribution in [3.05, 3.63) is 35.1 Å². The zero-order chi connectivity index (χ0) is 8.27. The first-order valence-electron chi connectivity index (χ1n) is 3.17. The van der Waals surface area contributed by atoms with Crippen LogP contribution < -0.4 is 0 Å². The van der Waals surface area contributed by atoms with Gasteiger partial charge in [-0.15, -0.1) is 0 Å². The van der Waals surface area contributed by atoms with Crippen molar-refractivity contribution < 1.29 is 9.60 Å². The Morgan fingerprint density at radius 2 is 2.27 bits per heavy atom. The third-order valence-electron chi connectivity index (χ3n) is 1.43. The average Bonchev–Trinajstić information content (AvgIpc) is 1.95. The molecular formula is C8H8FNO. The molecule has 1 aromatic carbocycles. The van der Waals surface area contributed by atoms with E-state index in [1.165, 1.54) is 18.3 Å². The van der Waals surface area contributed by atoms with Crippen LogP contribution in [0.1, 0.15) is 11.1 Å². The first-order chi connectivity index (χ1) is 5.24. The summed E-state index contributed by atoms with van der Waals surface area (Å²) < 4.78 is 12.5. The van der Waals surface area contributed by atoms with Gasteiger partial charge in [0.15, 0.2) is 0 Å². The Bertz CT molecular complexity index is 283. The van der Waals surface area contributed by atoms with Crippen LogP contribution in [0, 0.1) is 12.7 Å². The van der Waals surface area contributed by atoms with Crippen LogP contribution in [0.5, 0.6) is 0 Å². The lowest BCUT2D eigenvalue weighted by Crippen LogP contribution is -1.87. The largest absolute Gasteiger partial charge is 0.411 e. The van der Waals surface area contributed by atoms with Crippen molar-refractivity contribution in [3.8, 4) is 0 Å². The average molecular weight is 153 g/mol. The number of hydrogen-bond donors (Lipinski definition) is 1. The Morgan fingerprint density at radius 3 is 2.82 bits per heavy atom. The molecule has 0 bridgehead atoms. The fourth-order valence-electron chi connectivity index (χ4n) is 0.846. The lowest BCUT2D eigenvalue weighted by molar-refractivity contribution is 0.322. The molecule has 1 rings (SSSR count). The molecule has 0 saturated carbocycles. The molecule has 0 heterocycles. The van der Waals surface area contributed by atoms with Crippen LogP contribution in [0.25, 0.3) is 0 Å². The number of benzene rings is 1. The molecule has 0 atom stereocenters. The van der Waals surface area contributed by atoms with E-state index in [1.807, 2.05) is 0 Å². The van der Waals surface area contributed by atoms with Gasteiger partial charge in [0.2, 0.25) is 0 Å². The van der Waals surface area contributed by atoms with E-state index in [4.69, 9.17) is 5.21 Å². The minimum Gasteiger partial charge on any atom is -0.411 e. The normalized spacial score (nSPS) is 10.7. The van der Waals surface area contributed by atoms with Gasteiger partial charge in [0.25, 0.3) is 0 Å². The smallest absolute Gasteiger partial charge is 0.123 e. The molecule has 11 heavy (non-hydrogen) atoms. The Labute approximate surface area is 64.0 Å². The molecule has 0 radical (unpaired) electrons. The van der Waals surface area contributed by atoms with Gasteiger partial charge in [-0.25, -0.2) is 4.39 Å². The van der Waals surface area contributed by atoms with E-state index >= 15 is 0 Å². The van der Waals surface area contributed by atoms with E-state index < -0.39 is 0 Å². The number of rotatable bonds is 1. The maximum absolute atomic E-state index is 12.5. The van der Waals surface area contributed by atoms with Gasteiger partial charge in [-0.1, -0.05) is 11.2 Å². The van der Waals surface area contributed by atoms with Crippen molar-refractivity contribution in [2.75, 3.05) is 0 Å². The van der Waals surface area contributed by atoms with Crippen LogP contribution in [-0.4, -0.2) is 11.4 Å². The van der Waals surface area contributed by atoms with Crippen LogP contribution >= 0.6 is 0 Å². The lowest BCUT2D eigenvalue weighted by atomic mass is 10.1. The summed E-state index contributed by atoms with van der Waals surface area (Å²) in [5, 5.41) is 11.0. The molecule has 0 spiro atoms. The molecule has 0 aliphatic carbocycles. The topological polar surface area (TPSA) is 32.6 Å². The Balaban J connectivity index is 3.09. The van der Waals surface area contributed by atoms with Crippen molar-refractivity contribution in [1.82, 2.24) is 0 Å². The Kier molecular flexibility index (Phi) is 2.21. The number of oxime groups is 1. The van der Waals surface area contributed by atoms with E-state index in [9.17, 15) is 4.39 Å². The first-order valence-corrected chi connectivity index (χ1v) is 3.17. The molecule has 1 aromatic rings. The zero-order valence-electron chi connectivity index (χ0n) is 6.08. The maximum atomic E-state index is 12.5. The molecule has 0 aromatic heterocycles. The second-order valence-corrected chi connectivity index (χ2v) is 2.25. The second-order valence-electron chi connectivity index (χ2n) is 2.25. The second kappa shape index (κ2) is 3.14. The third-order valence-corrected chi connectivity index (χ3v) is 1.43. The van der Waals surface area contributed by atoms with Crippen LogP contribution in [0.2, 0.25) is 0 Å². The summed E-state index contributed by atoms with van der Waals surface area (Å²) >= 11 is 0. The highest BCUT2D eigenvalue weighted by Gasteiger charge is 1.95. The zero-order valence-corrected chi connectivity index (χ0v) is 6.08. The minimum absolute atomic E-state index is 0.280. The predicted octanol–water partition coefficient (Wildman–Crippen LogP) is 1.94. The highest BCUT2D eigenvalue weighted by molar-refractivity contribution is 5.80. The molecule has 0 unspecified atom stereocenters. The first kappa shape index (κ1) is 7.72. The van der Waals surface area contributed by atoms with Crippen molar-refractivity contribution in [3.63, 3.8) is 0 Å². The van der Waals surface area contributed by atoms with E-state index in [2.05, 4.69) is 5.16 Å². The quantitative estimate of drug-likeness (QED) is 0.373. The van der Waals surface area contributed by atoms with Crippen molar-refractivity contribution in [2.24, 2.45) is 5.16 Å². The van der Waals surface area contributed by atoms with Gasteiger partial charge >= 0.3 is 0 Å². The van der Waals surface area contributed by atoms with Crippen molar-refractivity contribution in [2.45, 2.75) is 6.92 Å². The molecular weight excluding hydrogens is 145 g/mol. The van der Waals surface area contributed by atoms with Gasteiger partial charge in [-0.2, -0.15) is 0 Å². The molecule has 0 fully saturated rings.